The summed E-state index contributed by atoms with van der Waals surface area (Å²) in [5.41, 5.74) is 0.788. The first kappa shape index (κ1) is 16.6. The highest BCUT2D eigenvalue weighted by Crippen LogP contribution is 2.22. The van der Waals surface area contributed by atoms with Gasteiger partial charge in [0.2, 0.25) is 0 Å². The van der Waals surface area contributed by atoms with E-state index in [0.717, 1.165) is 37.5 Å². The number of carbonyl (C=O) groups excluding carboxylic acids is 1. The number of nitrogens with zero attached hydrogens (tertiary/aromatic N) is 2. The van der Waals surface area contributed by atoms with Crippen LogP contribution in [0, 0.1) is 5.92 Å². The molecule has 1 saturated heterocycles. The molecule has 1 aromatic rings. The number of rotatable bonds is 4. The molecule has 0 aliphatic carbocycles. The zero-order chi connectivity index (χ0) is 16.1. The van der Waals surface area contributed by atoms with Gasteiger partial charge in [-0.25, -0.2) is 4.79 Å². The van der Waals surface area contributed by atoms with E-state index in [9.17, 15) is 4.79 Å². The molecule has 2 unspecified atom stereocenters. The van der Waals surface area contributed by atoms with Crippen molar-refractivity contribution in [3.05, 3.63) is 24.3 Å². The molecule has 0 bridgehead atoms. The van der Waals surface area contributed by atoms with Gasteiger partial charge in [0, 0.05) is 31.9 Å². The van der Waals surface area contributed by atoms with Crippen LogP contribution < -0.4 is 10.1 Å². The van der Waals surface area contributed by atoms with E-state index < -0.39 is 0 Å². The molecule has 1 aliphatic rings. The fourth-order valence-electron chi connectivity index (χ4n) is 3.12. The number of hydrogen-bond donors (Lipinski definition) is 1. The number of urea groups is 1. The van der Waals surface area contributed by atoms with Crippen molar-refractivity contribution in [1.82, 2.24) is 9.80 Å². The normalized spacial score (nSPS) is 22.2. The van der Waals surface area contributed by atoms with Crippen molar-refractivity contribution in [3.8, 4) is 5.75 Å². The summed E-state index contributed by atoms with van der Waals surface area (Å²) >= 11 is 0. The largest absolute Gasteiger partial charge is 0.497 e. The van der Waals surface area contributed by atoms with Crippen LogP contribution in [0.15, 0.2) is 24.3 Å². The van der Waals surface area contributed by atoms with Gasteiger partial charge in [0.25, 0.3) is 0 Å². The minimum atomic E-state index is -0.0491. The topological polar surface area (TPSA) is 44.8 Å². The van der Waals surface area contributed by atoms with Gasteiger partial charge in [-0.2, -0.15) is 0 Å². The standard InChI is InChI=1S/C17H27N3O2/c1-5-20-11-10-16(13(2)12-20)19(3)17(21)18-14-6-8-15(22-4)9-7-14/h6-9,13,16H,5,10-12H2,1-4H3,(H,18,21). The molecule has 122 valence electrons. The number of piperidine rings is 1. The summed E-state index contributed by atoms with van der Waals surface area (Å²) in [6.45, 7) is 7.61. The fourth-order valence-corrected chi connectivity index (χ4v) is 3.12. The van der Waals surface area contributed by atoms with Crippen molar-refractivity contribution in [1.29, 1.82) is 0 Å². The van der Waals surface area contributed by atoms with Crippen molar-refractivity contribution < 1.29 is 9.53 Å². The third-order valence-corrected chi connectivity index (χ3v) is 4.55. The smallest absolute Gasteiger partial charge is 0.321 e. The SMILES string of the molecule is CCN1CCC(N(C)C(=O)Nc2ccc(OC)cc2)C(C)C1. The average molecular weight is 305 g/mol. The molecule has 1 fully saturated rings. The second-order valence-corrected chi connectivity index (χ2v) is 6.00. The monoisotopic (exact) mass is 305 g/mol. The highest BCUT2D eigenvalue weighted by molar-refractivity contribution is 5.89. The van der Waals surface area contributed by atoms with Crippen molar-refractivity contribution in [3.63, 3.8) is 0 Å². The number of nitrogens with one attached hydrogen (secondary N) is 1. The van der Waals surface area contributed by atoms with Gasteiger partial charge < -0.3 is 19.9 Å². The Bertz CT molecular complexity index is 489. The maximum absolute atomic E-state index is 12.4. The number of anilines is 1. The van der Waals surface area contributed by atoms with E-state index in [1.165, 1.54) is 0 Å². The molecular weight excluding hydrogens is 278 g/mol. The predicted octanol–water partition coefficient (Wildman–Crippen LogP) is 2.89. The van der Waals surface area contributed by atoms with Crippen LogP contribution in [-0.2, 0) is 0 Å². The minimum Gasteiger partial charge on any atom is -0.497 e. The lowest BCUT2D eigenvalue weighted by Gasteiger charge is -2.40. The van der Waals surface area contributed by atoms with Crippen LogP contribution >= 0.6 is 0 Å². The van der Waals surface area contributed by atoms with E-state index >= 15 is 0 Å². The quantitative estimate of drug-likeness (QED) is 0.930. The number of likely N-dealkylation sites (tertiary alicyclic amines) is 1. The predicted molar refractivity (Wildman–Crippen MR) is 89.5 cm³/mol. The molecule has 5 nitrogen and oxygen atoms in total. The van der Waals surface area contributed by atoms with E-state index in [-0.39, 0.29) is 6.03 Å². The highest BCUT2D eigenvalue weighted by Gasteiger charge is 2.30. The maximum Gasteiger partial charge on any atom is 0.321 e. The third-order valence-electron chi connectivity index (χ3n) is 4.55. The summed E-state index contributed by atoms with van der Waals surface area (Å²) < 4.78 is 5.12. The summed E-state index contributed by atoms with van der Waals surface area (Å²) in [4.78, 5) is 16.7. The van der Waals surface area contributed by atoms with Crippen molar-refractivity contribution in [2.45, 2.75) is 26.3 Å². The van der Waals surface area contributed by atoms with Crippen molar-refractivity contribution >= 4 is 11.7 Å². The van der Waals surface area contributed by atoms with E-state index in [4.69, 9.17) is 4.74 Å². The zero-order valence-electron chi connectivity index (χ0n) is 14.0. The summed E-state index contributed by atoms with van der Waals surface area (Å²) in [7, 11) is 3.52. The molecule has 0 saturated carbocycles. The number of hydrogen-bond acceptors (Lipinski definition) is 3. The lowest BCUT2D eigenvalue weighted by Crippen LogP contribution is -2.51. The molecule has 1 aliphatic heterocycles. The second kappa shape index (κ2) is 7.49. The lowest BCUT2D eigenvalue weighted by atomic mass is 9.93. The Kier molecular flexibility index (Phi) is 5.66. The van der Waals surface area contributed by atoms with Crippen molar-refractivity contribution in [2.24, 2.45) is 5.92 Å². The van der Waals surface area contributed by atoms with Gasteiger partial charge in [0.05, 0.1) is 7.11 Å². The van der Waals surface area contributed by atoms with Crippen LogP contribution in [0.5, 0.6) is 5.75 Å². The number of carbonyl (C=O) groups is 1. The molecule has 0 spiro atoms. The average Bonchev–Trinajstić information content (AvgIpc) is 2.54. The molecule has 0 aromatic heterocycles. The number of benzene rings is 1. The van der Waals surface area contributed by atoms with Gasteiger partial charge in [-0.15, -0.1) is 0 Å². The Morgan fingerprint density at radius 3 is 2.64 bits per heavy atom. The molecule has 1 N–H and O–H groups in total. The molecule has 2 amide bonds. The zero-order valence-corrected chi connectivity index (χ0v) is 14.0. The van der Waals surface area contributed by atoms with Crippen LogP contribution in [0.4, 0.5) is 10.5 Å². The van der Waals surface area contributed by atoms with Crippen LogP contribution in [0.25, 0.3) is 0 Å². The molecule has 22 heavy (non-hydrogen) atoms. The molecular formula is C17H27N3O2. The molecule has 2 rings (SSSR count). The molecule has 1 aromatic carbocycles. The Hall–Kier alpha value is -1.75. The Balaban J connectivity index is 1.93. The molecule has 1 heterocycles. The fraction of sp³-hybridized carbons (Fsp3) is 0.588. The van der Waals surface area contributed by atoms with Gasteiger partial charge in [-0.05, 0) is 43.1 Å². The first-order valence-corrected chi connectivity index (χ1v) is 7.95. The summed E-state index contributed by atoms with van der Waals surface area (Å²) in [5, 5.41) is 2.95. The highest BCUT2D eigenvalue weighted by atomic mass is 16.5. The third kappa shape index (κ3) is 3.91. The van der Waals surface area contributed by atoms with Gasteiger partial charge in [0.1, 0.15) is 5.75 Å². The number of ether oxygens (including phenoxy) is 1. The lowest BCUT2D eigenvalue weighted by molar-refractivity contribution is 0.101. The Morgan fingerprint density at radius 2 is 2.09 bits per heavy atom. The first-order chi connectivity index (χ1) is 10.5. The summed E-state index contributed by atoms with van der Waals surface area (Å²) in [6, 6.07) is 7.64. The first-order valence-electron chi connectivity index (χ1n) is 7.95. The van der Waals surface area contributed by atoms with Crippen LogP contribution in [0.1, 0.15) is 20.3 Å². The Labute approximate surface area is 133 Å². The van der Waals surface area contributed by atoms with Crippen LogP contribution in [0.2, 0.25) is 0 Å². The van der Waals surface area contributed by atoms with Gasteiger partial charge in [0.15, 0.2) is 0 Å². The minimum absolute atomic E-state index is 0.0491. The molecule has 5 heteroatoms. The van der Waals surface area contributed by atoms with Gasteiger partial charge >= 0.3 is 6.03 Å². The second-order valence-electron chi connectivity index (χ2n) is 6.00. The Morgan fingerprint density at radius 1 is 1.41 bits per heavy atom. The molecule has 0 radical (unpaired) electrons. The van der Waals surface area contributed by atoms with Crippen LogP contribution in [0.3, 0.4) is 0 Å². The van der Waals surface area contributed by atoms with Gasteiger partial charge in [-0.3, -0.25) is 0 Å². The molecule has 2 atom stereocenters. The van der Waals surface area contributed by atoms with Gasteiger partial charge in [-0.1, -0.05) is 13.8 Å². The van der Waals surface area contributed by atoms with Crippen molar-refractivity contribution in [2.75, 3.05) is 39.1 Å². The maximum atomic E-state index is 12.4. The number of amides is 2. The summed E-state index contributed by atoms with van der Waals surface area (Å²) in [6.07, 6.45) is 1.03. The van der Waals surface area contributed by atoms with Crippen LogP contribution in [-0.4, -0.2) is 55.7 Å². The van der Waals surface area contributed by atoms with E-state index in [2.05, 4.69) is 24.1 Å². The van der Waals surface area contributed by atoms with E-state index in [1.54, 1.807) is 7.11 Å². The van der Waals surface area contributed by atoms with E-state index in [0.29, 0.717) is 12.0 Å². The van der Waals surface area contributed by atoms with E-state index in [1.807, 2.05) is 36.2 Å². The number of methoxy groups -OCH3 is 1. The summed E-state index contributed by atoms with van der Waals surface area (Å²) in [5.74, 6) is 1.27.